The number of anilines is 1. The predicted molar refractivity (Wildman–Crippen MR) is 74.2 cm³/mol. The van der Waals surface area contributed by atoms with Crippen molar-refractivity contribution in [1.82, 2.24) is 0 Å². The van der Waals surface area contributed by atoms with Crippen molar-refractivity contribution in [2.75, 3.05) is 25.1 Å². The molecule has 2 rings (SSSR count). The average molecular weight is 332 g/mol. The van der Waals surface area contributed by atoms with Gasteiger partial charge >= 0.3 is 0 Å². The van der Waals surface area contributed by atoms with Gasteiger partial charge in [0.2, 0.25) is 0 Å². The number of benzene rings is 1. The number of rotatable bonds is 3. The fourth-order valence-corrected chi connectivity index (χ4v) is 2.71. The Kier molecular flexibility index (Phi) is 4.26. The molecule has 3 N–H and O–H groups in total. The molecule has 19 heavy (non-hydrogen) atoms. The van der Waals surface area contributed by atoms with E-state index in [1.807, 2.05) is 4.90 Å². The fraction of sp³-hybridized carbons (Fsp3) is 0.417. The molecule has 0 aliphatic carbocycles. The van der Waals surface area contributed by atoms with Crippen molar-refractivity contribution in [3.63, 3.8) is 0 Å². The topological polar surface area (TPSA) is 71.1 Å². The Bertz CT molecular complexity index is 510. The van der Waals surface area contributed by atoms with E-state index in [2.05, 4.69) is 21.1 Å². The van der Waals surface area contributed by atoms with Gasteiger partial charge in [0, 0.05) is 25.8 Å². The van der Waals surface area contributed by atoms with Crippen LogP contribution in [0.25, 0.3) is 0 Å². The zero-order chi connectivity index (χ0) is 14.0. The number of nitrogens with two attached hydrogens (primary N) is 1. The van der Waals surface area contributed by atoms with E-state index in [4.69, 9.17) is 15.7 Å². The van der Waals surface area contributed by atoms with E-state index in [1.165, 1.54) is 0 Å². The van der Waals surface area contributed by atoms with Crippen molar-refractivity contribution in [2.45, 2.75) is 12.5 Å². The first kappa shape index (κ1) is 14.1. The molecule has 1 heterocycles. The minimum Gasteiger partial charge on any atom is -0.409 e. The Morgan fingerprint density at radius 2 is 2.37 bits per heavy atom. The van der Waals surface area contributed by atoms with E-state index in [0.29, 0.717) is 17.8 Å². The summed E-state index contributed by atoms with van der Waals surface area (Å²) in [6, 6.07) is 3.25. The van der Waals surface area contributed by atoms with Crippen molar-refractivity contribution in [2.24, 2.45) is 10.9 Å². The van der Waals surface area contributed by atoms with Gasteiger partial charge in [-0.2, -0.15) is 0 Å². The first-order chi connectivity index (χ1) is 9.08. The molecule has 1 saturated heterocycles. The molecule has 0 bridgehead atoms. The first-order valence-corrected chi connectivity index (χ1v) is 6.61. The standard InChI is InChI=1S/C12H15BrFN3O2/c1-19-7-4-5-17(6-7)9-3-2-8(12(15)16-18)10(13)11(9)14/h2-3,7,18H,4-6H2,1H3,(H2,15,16). The SMILES string of the molecule is COC1CCN(c2ccc(/C(N)=N/O)c(Br)c2F)C1. The van der Waals surface area contributed by atoms with Gasteiger partial charge in [0.25, 0.3) is 0 Å². The van der Waals surface area contributed by atoms with Crippen LogP contribution in [-0.2, 0) is 4.74 Å². The second kappa shape index (κ2) is 5.75. The average Bonchev–Trinajstić information content (AvgIpc) is 2.89. The number of nitrogens with zero attached hydrogens (tertiary/aromatic N) is 2. The van der Waals surface area contributed by atoms with Gasteiger partial charge in [-0.1, -0.05) is 5.16 Å². The van der Waals surface area contributed by atoms with E-state index in [0.717, 1.165) is 13.0 Å². The van der Waals surface area contributed by atoms with Crippen LogP contribution in [0.5, 0.6) is 0 Å². The summed E-state index contributed by atoms with van der Waals surface area (Å²) in [5.41, 5.74) is 6.29. The van der Waals surface area contributed by atoms with Crippen molar-refractivity contribution in [1.29, 1.82) is 0 Å². The number of ether oxygens (including phenoxy) is 1. The highest BCUT2D eigenvalue weighted by Gasteiger charge is 2.26. The molecule has 1 aliphatic heterocycles. The Hall–Kier alpha value is -1.34. The van der Waals surface area contributed by atoms with E-state index < -0.39 is 5.82 Å². The lowest BCUT2D eigenvalue weighted by Crippen LogP contribution is -2.24. The summed E-state index contributed by atoms with van der Waals surface area (Å²) in [7, 11) is 1.65. The molecule has 1 aliphatic rings. The summed E-state index contributed by atoms with van der Waals surface area (Å²) in [4.78, 5) is 1.92. The highest BCUT2D eigenvalue weighted by molar-refractivity contribution is 9.10. The second-order valence-electron chi connectivity index (χ2n) is 4.34. The molecule has 1 aromatic rings. The monoisotopic (exact) mass is 331 g/mol. The molecule has 1 aromatic carbocycles. The number of hydrogen-bond acceptors (Lipinski definition) is 4. The summed E-state index contributed by atoms with van der Waals surface area (Å²) < 4.78 is 19.8. The van der Waals surface area contributed by atoms with Gasteiger partial charge < -0.3 is 20.6 Å². The molecule has 1 unspecified atom stereocenters. The maximum Gasteiger partial charge on any atom is 0.171 e. The van der Waals surface area contributed by atoms with Gasteiger partial charge in [-0.15, -0.1) is 0 Å². The van der Waals surface area contributed by atoms with Crippen LogP contribution < -0.4 is 10.6 Å². The van der Waals surface area contributed by atoms with Crippen LogP contribution in [0.2, 0.25) is 0 Å². The van der Waals surface area contributed by atoms with Crippen LogP contribution in [0.1, 0.15) is 12.0 Å². The lowest BCUT2D eigenvalue weighted by Gasteiger charge is -2.20. The number of amidine groups is 1. The van der Waals surface area contributed by atoms with Crippen molar-refractivity contribution >= 4 is 27.5 Å². The minimum atomic E-state index is -0.416. The van der Waals surface area contributed by atoms with Crippen LogP contribution in [0.15, 0.2) is 21.8 Å². The number of hydrogen-bond donors (Lipinski definition) is 2. The maximum absolute atomic E-state index is 14.3. The Morgan fingerprint density at radius 1 is 1.63 bits per heavy atom. The minimum absolute atomic E-state index is 0.127. The van der Waals surface area contributed by atoms with Crippen molar-refractivity contribution < 1.29 is 14.3 Å². The van der Waals surface area contributed by atoms with E-state index in [1.54, 1.807) is 19.2 Å². The molecule has 1 fully saturated rings. The van der Waals surface area contributed by atoms with Crippen LogP contribution in [0, 0.1) is 5.82 Å². The van der Waals surface area contributed by atoms with Crippen LogP contribution in [0.3, 0.4) is 0 Å². The third-order valence-corrected chi connectivity index (χ3v) is 4.04. The molecule has 7 heteroatoms. The molecule has 0 aromatic heterocycles. The third-order valence-electron chi connectivity index (χ3n) is 3.26. The zero-order valence-corrected chi connectivity index (χ0v) is 12.0. The van der Waals surface area contributed by atoms with Crippen molar-refractivity contribution in [3.8, 4) is 0 Å². The number of oxime groups is 1. The number of methoxy groups -OCH3 is 1. The maximum atomic E-state index is 14.3. The predicted octanol–water partition coefficient (Wildman–Crippen LogP) is 1.91. The van der Waals surface area contributed by atoms with E-state index >= 15 is 0 Å². The molecule has 1 atom stereocenters. The normalized spacial score (nSPS) is 20.1. The lowest BCUT2D eigenvalue weighted by molar-refractivity contribution is 0.121. The van der Waals surface area contributed by atoms with Gasteiger partial charge in [-0.3, -0.25) is 0 Å². The largest absolute Gasteiger partial charge is 0.409 e. The van der Waals surface area contributed by atoms with Crippen LogP contribution >= 0.6 is 15.9 Å². The molecule has 0 spiro atoms. The van der Waals surface area contributed by atoms with Gasteiger partial charge in [-0.25, -0.2) is 4.39 Å². The summed E-state index contributed by atoms with van der Waals surface area (Å²) >= 11 is 3.15. The van der Waals surface area contributed by atoms with Crippen LogP contribution in [-0.4, -0.2) is 37.3 Å². The first-order valence-electron chi connectivity index (χ1n) is 5.82. The molecule has 0 radical (unpaired) electrons. The molecular weight excluding hydrogens is 317 g/mol. The Labute approximate surface area is 119 Å². The third kappa shape index (κ3) is 2.66. The van der Waals surface area contributed by atoms with Crippen LogP contribution in [0.4, 0.5) is 10.1 Å². The molecule has 0 amide bonds. The Morgan fingerprint density at radius 3 is 2.95 bits per heavy atom. The quantitative estimate of drug-likeness (QED) is 0.384. The highest BCUT2D eigenvalue weighted by atomic mass is 79.9. The molecule has 104 valence electrons. The van der Waals surface area contributed by atoms with E-state index in [9.17, 15) is 4.39 Å². The summed E-state index contributed by atoms with van der Waals surface area (Å²) in [6.45, 7) is 1.40. The van der Waals surface area contributed by atoms with Gasteiger partial charge in [0.1, 0.15) is 0 Å². The smallest absolute Gasteiger partial charge is 0.171 e. The zero-order valence-electron chi connectivity index (χ0n) is 10.4. The van der Waals surface area contributed by atoms with Gasteiger partial charge in [0.15, 0.2) is 11.7 Å². The molecule has 0 saturated carbocycles. The molecular formula is C12H15BrFN3O2. The lowest BCUT2D eigenvalue weighted by atomic mass is 10.1. The van der Waals surface area contributed by atoms with Gasteiger partial charge in [-0.05, 0) is 34.5 Å². The number of halogens is 2. The Balaban J connectivity index is 2.32. The fourth-order valence-electron chi connectivity index (χ4n) is 2.17. The van der Waals surface area contributed by atoms with Crippen molar-refractivity contribution in [3.05, 3.63) is 28.0 Å². The van der Waals surface area contributed by atoms with E-state index in [-0.39, 0.29) is 16.4 Å². The highest BCUT2D eigenvalue weighted by Crippen LogP contribution is 2.31. The summed E-state index contributed by atoms with van der Waals surface area (Å²) in [6.07, 6.45) is 0.997. The molecule has 5 nitrogen and oxygen atoms in total. The summed E-state index contributed by atoms with van der Waals surface area (Å²) in [5, 5.41) is 11.5. The second-order valence-corrected chi connectivity index (χ2v) is 5.13. The van der Waals surface area contributed by atoms with Gasteiger partial charge in [0.05, 0.1) is 16.3 Å². The summed E-state index contributed by atoms with van der Waals surface area (Å²) in [5.74, 6) is -0.547.